The van der Waals surface area contributed by atoms with Crippen molar-refractivity contribution in [3.63, 3.8) is 0 Å². The third kappa shape index (κ3) is 2.42. The van der Waals surface area contributed by atoms with Crippen LogP contribution in [0.15, 0.2) is 29.3 Å². The van der Waals surface area contributed by atoms with E-state index in [2.05, 4.69) is 11.1 Å². The molecule has 0 aromatic heterocycles. The molecule has 0 saturated carbocycles. The number of hydrogen-bond acceptors (Lipinski definition) is 4. The smallest absolute Gasteiger partial charge is 0.0834 e. The van der Waals surface area contributed by atoms with Crippen molar-refractivity contribution < 1.29 is 9.84 Å². The van der Waals surface area contributed by atoms with Crippen LogP contribution in [-0.4, -0.2) is 41.8 Å². The summed E-state index contributed by atoms with van der Waals surface area (Å²) in [4.78, 5) is 4.67. The second kappa shape index (κ2) is 5.44. The van der Waals surface area contributed by atoms with Gasteiger partial charge >= 0.3 is 0 Å². The molecule has 3 rings (SSSR count). The highest BCUT2D eigenvalue weighted by Gasteiger charge is 2.44. The van der Waals surface area contributed by atoms with Crippen LogP contribution in [0.5, 0.6) is 0 Å². The zero-order valence-electron chi connectivity index (χ0n) is 10.5. The summed E-state index contributed by atoms with van der Waals surface area (Å²) < 4.78 is 5.64. The summed E-state index contributed by atoms with van der Waals surface area (Å²) >= 11 is 7.86. The molecule has 19 heavy (non-hydrogen) atoms. The summed E-state index contributed by atoms with van der Waals surface area (Å²) in [6.45, 7) is 1.51. The van der Waals surface area contributed by atoms with Gasteiger partial charge in [0.15, 0.2) is 0 Å². The topological polar surface area (TPSA) is 41.8 Å². The number of hydrogen-bond donors (Lipinski definition) is 1. The van der Waals surface area contributed by atoms with Crippen molar-refractivity contribution in [2.45, 2.75) is 17.9 Å². The molecule has 1 aromatic rings. The zero-order valence-corrected chi connectivity index (χ0v) is 12.1. The Balaban J connectivity index is 2.00. The minimum absolute atomic E-state index is 0.0247. The van der Waals surface area contributed by atoms with Gasteiger partial charge in [-0.25, -0.2) is 0 Å². The van der Waals surface area contributed by atoms with Gasteiger partial charge in [-0.3, -0.25) is 4.99 Å². The van der Waals surface area contributed by atoms with E-state index in [1.165, 1.54) is 5.56 Å². The second-order valence-corrected chi connectivity index (χ2v) is 6.42. The van der Waals surface area contributed by atoms with E-state index in [0.717, 1.165) is 28.8 Å². The highest BCUT2D eigenvalue weighted by atomic mass is 35.5. The van der Waals surface area contributed by atoms with Crippen LogP contribution in [0.25, 0.3) is 0 Å². The molecule has 0 radical (unpaired) electrons. The molecule has 1 aromatic carbocycles. The van der Waals surface area contributed by atoms with Gasteiger partial charge in [0.1, 0.15) is 0 Å². The first-order chi connectivity index (χ1) is 9.24. The molecular weight excluding hydrogens is 282 g/mol. The summed E-state index contributed by atoms with van der Waals surface area (Å²) in [6.07, 6.45) is 0.928. The third-order valence-electron chi connectivity index (χ3n) is 3.73. The van der Waals surface area contributed by atoms with E-state index in [9.17, 15) is 5.11 Å². The first-order valence-electron chi connectivity index (χ1n) is 6.40. The Bertz CT molecular complexity index is 500. The molecule has 0 aliphatic carbocycles. The van der Waals surface area contributed by atoms with Gasteiger partial charge in [0.05, 0.1) is 29.7 Å². The number of halogens is 1. The van der Waals surface area contributed by atoms with Crippen LogP contribution in [0.3, 0.4) is 0 Å². The zero-order chi connectivity index (χ0) is 13.3. The summed E-state index contributed by atoms with van der Waals surface area (Å²) in [5, 5.41) is 11.1. The van der Waals surface area contributed by atoms with Gasteiger partial charge in [0.2, 0.25) is 0 Å². The van der Waals surface area contributed by atoms with Gasteiger partial charge in [0, 0.05) is 17.4 Å². The SMILES string of the molecule is OCC1CSC(C2(c3cccc(Cl)c3)CCOC2)=N1. The molecule has 1 fully saturated rings. The lowest BCUT2D eigenvalue weighted by Gasteiger charge is -2.27. The van der Waals surface area contributed by atoms with E-state index < -0.39 is 0 Å². The van der Waals surface area contributed by atoms with Crippen molar-refractivity contribution in [3.8, 4) is 0 Å². The van der Waals surface area contributed by atoms with E-state index in [1.54, 1.807) is 11.8 Å². The Hall–Kier alpha value is -0.550. The predicted molar refractivity (Wildman–Crippen MR) is 79.3 cm³/mol. The summed E-state index contributed by atoms with van der Waals surface area (Å²) in [5.74, 6) is 0.855. The molecule has 0 amide bonds. The van der Waals surface area contributed by atoms with Crippen LogP contribution in [0, 0.1) is 0 Å². The van der Waals surface area contributed by atoms with Crippen molar-refractivity contribution in [2.24, 2.45) is 4.99 Å². The maximum absolute atomic E-state index is 9.25. The van der Waals surface area contributed by atoms with E-state index in [-0.39, 0.29) is 18.1 Å². The highest BCUT2D eigenvalue weighted by Crippen LogP contribution is 2.41. The summed E-state index contributed by atoms with van der Waals surface area (Å²) in [7, 11) is 0. The normalized spacial score (nSPS) is 30.6. The van der Waals surface area contributed by atoms with Crippen LogP contribution in [-0.2, 0) is 10.2 Å². The number of benzene rings is 1. The molecule has 2 unspecified atom stereocenters. The maximum atomic E-state index is 9.25. The maximum Gasteiger partial charge on any atom is 0.0834 e. The largest absolute Gasteiger partial charge is 0.394 e. The van der Waals surface area contributed by atoms with E-state index >= 15 is 0 Å². The number of thioether (sulfide) groups is 1. The van der Waals surface area contributed by atoms with Crippen LogP contribution >= 0.6 is 23.4 Å². The highest BCUT2D eigenvalue weighted by molar-refractivity contribution is 8.14. The Morgan fingerprint density at radius 3 is 3.05 bits per heavy atom. The van der Waals surface area contributed by atoms with Crippen LogP contribution < -0.4 is 0 Å². The quantitative estimate of drug-likeness (QED) is 0.932. The molecule has 3 nitrogen and oxygen atoms in total. The summed E-state index contributed by atoms with van der Waals surface area (Å²) in [6, 6.07) is 7.98. The monoisotopic (exact) mass is 297 g/mol. The molecule has 5 heteroatoms. The molecular formula is C14H16ClNO2S. The number of aliphatic hydroxyl groups excluding tert-OH is 1. The third-order valence-corrected chi connectivity index (χ3v) is 5.29. The average molecular weight is 298 g/mol. The number of ether oxygens (including phenoxy) is 1. The number of aliphatic hydroxyl groups is 1. The molecule has 0 spiro atoms. The fourth-order valence-electron chi connectivity index (χ4n) is 2.64. The average Bonchev–Trinajstić information content (AvgIpc) is 3.08. The van der Waals surface area contributed by atoms with E-state index in [4.69, 9.17) is 16.3 Å². The van der Waals surface area contributed by atoms with E-state index in [1.807, 2.05) is 18.2 Å². The van der Waals surface area contributed by atoms with Crippen LogP contribution in [0.4, 0.5) is 0 Å². The fourth-order valence-corrected chi connectivity index (χ4v) is 4.14. The molecule has 2 aliphatic heterocycles. The molecule has 2 atom stereocenters. The molecule has 1 saturated heterocycles. The predicted octanol–water partition coefficient (Wildman–Crippen LogP) is 2.50. The van der Waals surface area contributed by atoms with Gasteiger partial charge in [-0.2, -0.15) is 0 Å². The Labute approximate surface area is 122 Å². The standard InChI is InChI=1S/C14H16ClNO2S/c15-11-3-1-2-10(6-11)14(4-5-18-9-14)13-16-12(7-17)8-19-13/h1-3,6,12,17H,4-5,7-9H2. The van der Waals surface area contributed by atoms with Gasteiger partial charge in [0.25, 0.3) is 0 Å². The molecule has 2 heterocycles. The Morgan fingerprint density at radius 2 is 2.42 bits per heavy atom. The number of rotatable bonds is 3. The van der Waals surface area contributed by atoms with Crippen molar-refractivity contribution in [1.82, 2.24) is 0 Å². The minimum atomic E-state index is -0.167. The number of nitrogens with zero attached hydrogens (tertiary/aromatic N) is 1. The minimum Gasteiger partial charge on any atom is -0.394 e. The van der Waals surface area contributed by atoms with Gasteiger partial charge in [-0.05, 0) is 24.1 Å². The second-order valence-electron chi connectivity index (χ2n) is 4.98. The van der Waals surface area contributed by atoms with Crippen LogP contribution in [0.2, 0.25) is 5.02 Å². The van der Waals surface area contributed by atoms with E-state index in [0.29, 0.717) is 6.61 Å². The summed E-state index contributed by atoms with van der Waals surface area (Å²) in [5.41, 5.74) is 1.00. The van der Waals surface area contributed by atoms with Gasteiger partial charge in [-0.1, -0.05) is 23.7 Å². The Kier molecular flexibility index (Phi) is 3.85. The van der Waals surface area contributed by atoms with Crippen molar-refractivity contribution in [3.05, 3.63) is 34.9 Å². The lowest BCUT2D eigenvalue weighted by atomic mass is 9.80. The fraction of sp³-hybridized carbons (Fsp3) is 0.500. The van der Waals surface area contributed by atoms with Crippen molar-refractivity contribution in [1.29, 1.82) is 0 Å². The number of aliphatic imine (C=N–C) groups is 1. The molecule has 102 valence electrons. The molecule has 0 bridgehead atoms. The van der Waals surface area contributed by atoms with Crippen molar-refractivity contribution in [2.75, 3.05) is 25.6 Å². The lowest BCUT2D eigenvalue weighted by Crippen LogP contribution is -2.34. The van der Waals surface area contributed by atoms with Crippen molar-refractivity contribution >= 4 is 28.4 Å². The van der Waals surface area contributed by atoms with Gasteiger partial charge < -0.3 is 9.84 Å². The lowest BCUT2D eigenvalue weighted by molar-refractivity contribution is 0.188. The molecule has 1 N–H and O–H groups in total. The first kappa shape index (κ1) is 13.4. The molecule has 2 aliphatic rings. The van der Waals surface area contributed by atoms with Gasteiger partial charge in [-0.15, -0.1) is 11.8 Å². The van der Waals surface area contributed by atoms with Crippen LogP contribution in [0.1, 0.15) is 12.0 Å². The first-order valence-corrected chi connectivity index (χ1v) is 7.77. The Morgan fingerprint density at radius 1 is 1.53 bits per heavy atom.